The van der Waals surface area contributed by atoms with E-state index in [0.717, 1.165) is 68.5 Å². The second-order valence-corrected chi connectivity index (χ2v) is 13.4. The lowest BCUT2D eigenvalue weighted by Crippen LogP contribution is -2.46. The Hall–Kier alpha value is -3.73. The molecule has 44 heavy (non-hydrogen) atoms. The monoisotopic (exact) mass is 630 g/mol. The number of ether oxygens (including phenoxy) is 1. The van der Waals surface area contributed by atoms with E-state index < -0.39 is 28.3 Å². The fraction of sp³-hybridized carbons (Fsp3) is 0.452. The van der Waals surface area contributed by atoms with Crippen molar-refractivity contribution in [3.63, 3.8) is 0 Å². The van der Waals surface area contributed by atoms with E-state index in [1.807, 2.05) is 6.07 Å². The van der Waals surface area contributed by atoms with E-state index in [4.69, 9.17) is 9.15 Å². The number of fused-ring (bicyclic) bond motifs is 2. The van der Waals surface area contributed by atoms with Gasteiger partial charge in [-0.05, 0) is 61.9 Å². The maximum absolute atomic E-state index is 13.7. The fourth-order valence-electron chi connectivity index (χ4n) is 6.25. The van der Waals surface area contributed by atoms with E-state index in [-0.39, 0.29) is 28.8 Å². The third kappa shape index (κ3) is 6.52. The van der Waals surface area contributed by atoms with Gasteiger partial charge in [-0.25, -0.2) is 13.2 Å². The highest BCUT2D eigenvalue weighted by molar-refractivity contribution is 7.90. The molecule has 9 nitrogen and oxygen atoms in total. The van der Waals surface area contributed by atoms with Crippen molar-refractivity contribution < 1.29 is 30.7 Å². The summed E-state index contributed by atoms with van der Waals surface area (Å²) in [6.07, 6.45) is 0.612. The Morgan fingerprint density at radius 3 is 2.45 bits per heavy atom. The molecule has 13 heteroatoms. The number of anilines is 1. The average molecular weight is 631 g/mol. The Morgan fingerprint density at radius 2 is 1.75 bits per heavy atom. The first-order valence-corrected chi connectivity index (χ1v) is 16.4. The summed E-state index contributed by atoms with van der Waals surface area (Å²) in [5.41, 5.74) is 1.77. The summed E-state index contributed by atoms with van der Waals surface area (Å²) in [6.45, 7) is 2.07. The van der Waals surface area contributed by atoms with Crippen molar-refractivity contribution >= 4 is 37.5 Å². The summed E-state index contributed by atoms with van der Waals surface area (Å²) in [7, 11) is -3.51. The molecule has 4 aromatic rings. The first-order chi connectivity index (χ1) is 21.0. The zero-order valence-electron chi connectivity index (χ0n) is 24.2. The Morgan fingerprint density at radius 1 is 1.00 bits per heavy atom. The van der Waals surface area contributed by atoms with Crippen LogP contribution >= 0.6 is 0 Å². The maximum Gasteiger partial charge on any atom is 0.420 e. The summed E-state index contributed by atoms with van der Waals surface area (Å²) < 4.78 is 77.8. The standard InChI is InChI=1S/C31H33F3N4O5S/c1-44(40,41)24-11-12-28-29(19-24)43-30(39)37(28)13-3-4-23-18-25-26(5-2-6-27(25)38(23)20-31(32,33)34)35-21-7-9-22(10-8-21)36-14-16-42-17-15-36/h2,5-6,11-12,18-19,21-22,35H,7-10,13-17,20H2,1H3/t21-,22+. The highest BCUT2D eigenvalue weighted by Crippen LogP contribution is 2.33. The molecule has 0 atom stereocenters. The number of alkyl halides is 3. The number of morpholine rings is 1. The zero-order valence-corrected chi connectivity index (χ0v) is 25.0. The average Bonchev–Trinajstić information content (AvgIpc) is 3.49. The number of oxazole rings is 1. The molecule has 1 aliphatic heterocycles. The van der Waals surface area contributed by atoms with E-state index in [1.165, 1.54) is 22.8 Å². The molecule has 0 bridgehead atoms. The van der Waals surface area contributed by atoms with Gasteiger partial charge in [0.2, 0.25) is 0 Å². The summed E-state index contributed by atoms with van der Waals surface area (Å²) >= 11 is 0. The lowest BCUT2D eigenvalue weighted by molar-refractivity contribution is -0.140. The van der Waals surface area contributed by atoms with Crippen LogP contribution in [0.5, 0.6) is 0 Å². The van der Waals surface area contributed by atoms with Crippen molar-refractivity contribution in [2.24, 2.45) is 0 Å². The van der Waals surface area contributed by atoms with Crippen molar-refractivity contribution in [3.8, 4) is 11.8 Å². The summed E-state index contributed by atoms with van der Waals surface area (Å²) in [4.78, 5) is 15.0. The second-order valence-electron chi connectivity index (χ2n) is 11.4. The van der Waals surface area contributed by atoms with Crippen LogP contribution in [0.1, 0.15) is 31.4 Å². The van der Waals surface area contributed by atoms with Gasteiger partial charge in [-0.2, -0.15) is 13.2 Å². The lowest BCUT2D eigenvalue weighted by Gasteiger charge is -2.39. The molecule has 2 fully saturated rings. The van der Waals surface area contributed by atoms with Crippen LogP contribution in [0.3, 0.4) is 0 Å². The van der Waals surface area contributed by atoms with Crippen LogP contribution in [0, 0.1) is 11.8 Å². The molecule has 1 saturated heterocycles. The molecular weight excluding hydrogens is 597 g/mol. The number of halogens is 3. The summed E-state index contributed by atoms with van der Waals surface area (Å²) in [5.74, 6) is 4.91. The number of rotatable bonds is 6. The minimum absolute atomic E-state index is 0.00297. The highest BCUT2D eigenvalue weighted by Gasteiger charge is 2.31. The summed E-state index contributed by atoms with van der Waals surface area (Å²) in [6, 6.07) is 11.8. The fourth-order valence-corrected chi connectivity index (χ4v) is 6.88. The Kier molecular flexibility index (Phi) is 8.26. The first-order valence-electron chi connectivity index (χ1n) is 14.6. The number of hydrogen-bond donors (Lipinski definition) is 1. The Labute approximate surface area is 252 Å². The quantitative estimate of drug-likeness (QED) is 0.311. The largest absolute Gasteiger partial charge is 0.420 e. The molecule has 3 heterocycles. The van der Waals surface area contributed by atoms with E-state index in [2.05, 4.69) is 22.1 Å². The van der Waals surface area contributed by atoms with Gasteiger partial charge in [-0.15, -0.1) is 0 Å². The van der Waals surface area contributed by atoms with Gasteiger partial charge in [0, 0.05) is 48.6 Å². The van der Waals surface area contributed by atoms with E-state index >= 15 is 0 Å². The minimum atomic E-state index is -4.47. The first kappa shape index (κ1) is 30.3. The Balaban J connectivity index is 1.25. The van der Waals surface area contributed by atoms with Gasteiger partial charge in [0.15, 0.2) is 15.4 Å². The van der Waals surface area contributed by atoms with Crippen LogP contribution in [-0.4, -0.2) is 73.3 Å². The van der Waals surface area contributed by atoms with Crippen LogP contribution < -0.4 is 11.1 Å². The van der Waals surface area contributed by atoms with Gasteiger partial charge in [0.1, 0.15) is 6.54 Å². The van der Waals surface area contributed by atoms with Crippen LogP contribution in [0.2, 0.25) is 0 Å². The van der Waals surface area contributed by atoms with Crippen LogP contribution in [-0.2, 0) is 27.7 Å². The molecule has 6 rings (SSSR count). The van der Waals surface area contributed by atoms with Crippen molar-refractivity contribution in [2.75, 3.05) is 37.9 Å². The topological polar surface area (TPSA) is 98.7 Å². The molecule has 0 radical (unpaired) electrons. The zero-order chi connectivity index (χ0) is 31.1. The number of aromatic nitrogens is 2. The molecule has 2 aromatic heterocycles. The molecule has 1 aliphatic carbocycles. The predicted molar refractivity (Wildman–Crippen MR) is 161 cm³/mol. The molecule has 0 spiro atoms. The molecule has 234 valence electrons. The van der Waals surface area contributed by atoms with Crippen LogP contribution in [0.15, 0.2) is 56.6 Å². The molecular formula is C31H33F3N4O5S. The predicted octanol–water partition coefficient (Wildman–Crippen LogP) is 4.62. The third-order valence-electron chi connectivity index (χ3n) is 8.42. The molecule has 1 saturated carbocycles. The van der Waals surface area contributed by atoms with Crippen molar-refractivity contribution in [3.05, 3.63) is 58.7 Å². The van der Waals surface area contributed by atoms with Crippen molar-refractivity contribution in [2.45, 2.75) is 61.9 Å². The van der Waals surface area contributed by atoms with Crippen molar-refractivity contribution in [1.82, 2.24) is 14.0 Å². The van der Waals surface area contributed by atoms with Gasteiger partial charge >= 0.3 is 11.9 Å². The lowest BCUT2D eigenvalue weighted by atomic mass is 9.89. The number of nitrogens with one attached hydrogen (secondary N) is 1. The van der Waals surface area contributed by atoms with E-state index in [1.54, 1.807) is 18.2 Å². The van der Waals surface area contributed by atoms with E-state index in [9.17, 15) is 26.4 Å². The number of sulfone groups is 1. The number of benzene rings is 2. The van der Waals surface area contributed by atoms with Gasteiger partial charge in [0.05, 0.1) is 41.4 Å². The van der Waals surface area contributed by atoms with Gasteiger partial charge in [0.25, 0.3) is 0 Å². The van der Waals surface area contributed by atoms with Gasteiger partial charge in [-0.1, -0.05) is 12.0 Å². The van der Waals surface area contributed by atoms with Crippen LogP contribution in [0.25, 0.3) is 22.0 Å². The number of hydrogen-bond acceptors (Lipinski definition) is 7. The molecule has 0 amide bonds. The Bertz CT molecular complexity index is 1900. The van der Waals surface area contributed by atoms with Gasteiger partial charge in [-0.3, -0.25) is 9.47 Å². The molecule has 1 N–H and O–H groups in total. The SMILES string of the molecule is CS(=O)(=O)c1ccc2c(c1)oc(=O)n2CC#Cc1cc2c(N[C@H]3CC[C@@H](N4CCOCC4)CC3)cccc2n1CC(F)(F)F. The molecule has 2 aromatic carbocycles. The number of nitrogens with zero attached hydrogens (tertiary/aromatic N) is 3. The maximum atomic E-state index is 13.7. The molecule has 0 unspecified atom stereocenters. The smallest absolute Gasteiger partial charge is 0.408 e. The van der Waals surface area contributed by atoms with Gasteiger partial charge < -0.3 is 19.0 Å². The summed E-state index contributed by atoms with van der Waals surface area (Å²) in [5, 5.41) is 4.23. The van der Waals surface area contributed by atoms with E-state index in [0.29, 0.717) is 22.5 Å². The highest BCUT2D eigenvalue weighted by atomic mass is 32.2. The normalized spacial score (nSPS) is 20.1. The third-order valence-corrected chi connectivity index (χ3v) is 9.53. The van der Waals surface area contributed by atoms with Crippen molar-refractivity contribution in [1.29, 1.82) is 0 Å². The van der Waals surface area contributed by atoms with Crippen LogP contribution in [0.4, 0.5) is 18.9 Å². The minimum Gasteiger partial charge on any atom is -0.408 e. The second kappa shape index (κ2) is 12.0. The molecule has 2 aliphatic rings.